The molecule has 0 radical (unpaired) electrons. The van der Waals surface area contributed by atoms with Crippen LogP contribution in [0.1, 0.15) is 27.7 Å². The first-order chi connectivity index (χ1) is 9.36. The maximum Gasteiger partial charge on any atom is 0.209 e. The predicted octanol–water partition coefficient (Wildman–Crippen LogP) is 3.51. The van der Waals surface area contributed by atoms with Gasteiger partial charge in [-0.15, -0.1) is 0 Å². The highest BCUT2D eigenvalue weighted by Gasteiger charge is 2.19. The molecular formula is C15H19N5. The van der Waals surface area contributed by atoms with Crippen LogP contribution in [0.4, 0.5) is 11.4 Å². The second-order valence-electron chi connectivity index (χ2n) is 5.54. The number of nitrogens with zero attached hydrogens (tertiary/aromatic N) is 3. The van der Waals surface area contributed by atoms with Gasteiger partial charge in [0.15, 0.2) is 11.9 Å². The van der Waals surface area contributed by atoms with Crippen LogP contribution in [0, 0.1) is 23.4 Å². The summed E-state index contributed by atoms with van der Waals surface area (Å²) in [5.74, 6) is 0.408. The molecule has 0 saturated carbocycles. The van der Waals surface area contributed by atoms with Gasteiger partial charge in [0.25, 0.3) is 0 Å². The van der Waals surface area contributed by atoms with Crippen molar-refractivity contribution in [2.75, 3.05) is 5.32 Å². The van der Waals surface area contributed by atoms with E-state index in [0.29, 0.717) is 11.6 Å². The summed E-state index contributed by atoms with van der Waals surface area (Å²) < 4.78 is 0. The quantitative estimate of drug-likeness (QED) is 0.284. The molecule has 1 unspecified atom stereocenters. The van der Waals surface area contributed by atoms with Gasteiger partial charge in [0, 0.05) is 5.69 Å². The largest absolute Gasteiger partial charge is 0.326 e. The second kappa shape index (κ2) is 6.58. The highest BCUT2D eigenvalue weighted by atomic mass is 15.2. The van der Waals surface area contributed by atoms with Crippen molar-refractivity contribution < 1.29 is 0 Å². The zero-order valence-electron chi connectivity index (χ0n) is 12.2. The normalized spacial score (nSPS) is 13.0. The van der Waals surface area contributed by atoms with E-state index in [4.69, 9.17) is 11.8 Å². The van der Waals surface area contributed by atoms with Gasteiger partial charge in [-0.25, -0.2) is 9.84 Å². The predicted molar refractivity (Wildman–Crippen MR) is 81.4 cm³/mol. The van der Waals surface area contributed by atoms with Crippen molar-refractivity contribution in [2.45, 2.75) is 33.7 Å². The number of aliphatic imine (C=N–C) groups is 1. The molecule has 1 aromatic carbocycles. The molecular weight excluding hydrogens is 250 g/mol. The Morgan fingerprint density at radius 2 is 1.95 bits per heavy atom. The van der Waals surface area contributed by atoms with E-state index >= 15 is 0 Å². The van der Waals surface area contributed by atoms with Gasteiger partial charge >= 0.3 is 0 Å². The van der Waals surface area contributed by atoms with Crippen molar-refractivity contribution in [3.63, 3.8) is 0 Å². The zero-order chi connectivity index (χ0) is 15.2. The lowest BCUT2D eigenvalue weighted by Crippen LogP contribution is -2.31. The Balaban J connectivity index is 2.90. The van der Waals surface area contributed by atoms with Crippen molar-refractivity contribution in [2.24, 2.45) is 10.4 Å². The summed E-state index contributed by atoms with van der Waals surface area (Å²) in [6.45, 7) is 15.2. The van der Waals surface area contributed by atoms with E-state index in [0.717, 1.165) is 5.69 Å². The fraction of sp³-hybridized carbons (Fsp3) is 0.400. The molecule has 5 heteroatoms. The van der Waals surface area contributed by atoms with Crippen LogP contribution in [0.25, 0.3) is 4.85 Å². The molecule has 0 aliphatic rings. The molecule has 0 bridgehead atoms. The molecule has 1 aromatic rings. The summed E-state index contributed by atoms with van der Waals surface area (Å²) in [6, 6.07) is 7.04. The minimum atomic E-state index is 0.0119. The number of anilines is 1. The van der Waals surface area contributed by atoms with E-state index < -0.39 is 0 Å². The van der Waals surface area contributed by atoms with Crippen LogP contribution in [-0.4, -0.2) is 12.0 Å². The van der Waals surface area contributed by atoms with Crippen molar-refractivity contribution >= 4 is 17.3 Å². The van der Waals surface area contributed by atoms with Crippen molar-refractivity contribution in [3.05, 3.63) is 35.7 Å². The van der Waals surface area contributed by atoms with E-state index in [-0.39, 0.29) is 11.5 Å². The molecule has 0 aliphatic heterocycles. The van der Waals surface area contributed by atoms with E-state index in [1.807, 2.05) is 13.1 Å². The molecule has 0 heterocycles. The molecule has 0 saturated heterocycles. The zero-order valence-corrected chi connectivity index (χ0v) is 12.2. The average molecular weight is 269 g/mol. The summed E-state index contributed by atoms with van der Waals surface area (Å²) in [5.41, 5.74) is 1.36. The Morgan fingerprint density at radius 1 is 1.35 bits per heavy atom. The minimum Gasteiger partial charge on any atom is -0.326 e. The highest BCUT2D eigenvalue weighted by molar-refractivity contribution is 5.94. The first-order valence-corrected chi connectivity index (χ1v) is 6.34. The van der Waals surface area contributed by atoms with E-state index in [2.05, 4.69) is 41.2 Å². The molecule has 1 rings (SSSR count). The van der Waals surface area contributed by atoms with Crippen LogP contribution in [0.5, 0.6) is 0 Å². The third-order valence-corrected chi connectivity index (χ3v) is 3.01. The second-order valence-corrected chi connectivity index (χ2v) is 5.54. The summed E-state index contributed by atoms with van der Waals surface area (Å²) in [5, 5.41) is 14.4. The van der Waals surface area contributed by atoms with E-state index in [1.165, 1.54) is 0 Å². The number of nitrogens with one attached hydrogen (secondary N) is 2. The number of hydrogen-bond acceptors (Lipinski definition) is 2. The third-order valence-electron chi connectivity index (χ3n) is 3.01. The Hall–Kier alpha value is -2.53. The summed E-state index contributed by atoms with van der Waals surface area (Å²) in [7, 11) is 0. The maximum atomic E-state index is 8.79. The van der Waals surface area contributed by atoms with Crippen LogP contribution in [0.3, 0.4) is 0 Å². The van der Waals surface area contributed by atoms with Crippen LogP contribution < -0.4 is 10.6 Å². The number of guanidine groups is 1. The lowest BCUT2D eigenvalue weighted by molar-refractivity contribution is 0.341. The Morgan fingerprint density at radius 3 is 2.40 bits per heavy atom. The maximum absolute atomic E-state index is 8.79. The number of hydrogen-bond donors (Lipinski definition) is 2. The van der Waals surface area contributed by atoms with Crippen LogP contribution >= 0.6 is 0 Å². The van der Waals surface area contributed by atoms with E-state index in [9.17, 15) is 0 Å². The van der Waals surface area contributed by atoms with Crippen molar-refractivity contribution in [1.82, 2.24) is 5.32 Å². The molecule has 5 nitrogen and oxygen atoms in total. The molecule has 104 valence electrons. The Bertz CT molecular complexity index is 552. The van der Waals surface area contributed by atoms with Gasteiger partial charge in [0.1, 0.15) is 0 Å². The summed E-state index contributed by atoms with van der Waals surface area (Å²) >= 11 is 0. The van der Waals surface area contributed by atoms with Crippen LogP contribution in [-0.2, 0) is 0 Å². The monoisotopic (exact) mass is 269 g/mol. The van der Waals surface area contributed by atoms with Gasteiger partial charge in [0.2, 0.25) is 5.96 Å². The molecule has 0 aromatic heterocycles. The summed E-state index contributed by atoms with van der Waals surface area (Å²) in [6.07, 6.45) is 1.88. The topological polar surface area (TPSA) is 64.6 Å². The fourth-order valence-electron chi connectivity index (χ4n) is 1.29. The van der Waals surface area contributed by atoms with Gasteiger partial charge in [-0.05, 0) is 24.5 Å². The van der Waals surface area contributed by atoms with Crippen LogP contribution in [0.15, 0.2) is 29.3 Å². The standard InChI is InChI=1S/C15H19N5/c1-11(15(2,3)4)19-14(18-10-16)20-13-8-6-12(17-5)7-9-13/h6-9,11H,1-4H3,(H2,18,19,20). The lowest BCUT2D eigenvalue weighted by atomic mass is 9.88. The van der Waals surface area contributed by atoms with Crippen LogP contribution in [0.2, 0.25) is 0 Å². The fourth-order valence-corrected chi connectivity index (χ4v) is 1.29. The highest BCUT2D eigenvalue weighted by Crippen LogP contribution is 2.22. The smallest absolute Gasteiger partial charge is 0.209 e. The Labute approximate surface area is 120 Å². The minimum absolute atomic E-state index is 0.0119. The van der Waals surface area contributed by atoms with E-state index in [1.54, 1.807) is 24.3 Å². The van der Waals surface area contributed by atoms with Gasteiger partial charge < -0.3 is 5.32 Å². The molecule has 0 spiro atoms. The number of benzene rings is 1. The Kier molecular flexibility index (Phi) is 5.11. The van der Waals surface area contributed by atoms with Crippen molar-refractivity contribution in [3.8, 4) is 6.19 Å². The molecule has 0 amide bonds. The molecule has 20 heavy (non-hydrogen) atoms. The molecule has 0 fully saturated rings. The molecule has 2 N–H and O–H groups in total. The van der Waals surface area contributed by atoms with Gasteiger partial charge in [-0.1, -0.05) is 32.9 Å². The molecule has 0 aliphatic carbocycles. The summed E-state index contributed by atoms with van der Waals surface area (Å²) in [4.78, 5) is 7.82. The molecule has 1 atom stereocenters. The SMILES string of the molecule is [C-]#[N+]c1ccc(NC(=NC(C)C(C)(C)C)NC#N)cc1. The average Bonchev–Trinajstić information content (AvgIpc) is 2.38. The number of nitriles is 1. The first-order valence-electron chi connectivity index (χ1n) is 6.34. The third kappa shape index (κ3) is 4.62. The van der Waals surface area contributed by atoms with Gasteiger partial charge in [-0.3, -0.25) is 5.32 Å². The van der Waals surface area contributed by atoms with Gasteiger partial charge in [-0.2, -0.15) is 5.26 Å². The van der Waals surface area contributed by atoms with Gasteiger partial charge in [0.05, 0.1) is 12.6 Å². The van der Waals surface area contributed by atoms with Crippen molar-refractivity contribution in [1.29, 1.82) is 5.26 Å². The number of rotatable bonds is 2. The first kappa shape index (κ1) is 15.5. The lowest BCUT2D eigenvalue weighted by Gasteiger charge is -2.24.